The van der Waals surface area contributed by atoms with E-state index in [1.165, 1.54) is 43.1 Å². The Morgan fingerprint density at radius 1 is 0.931 bits per heavy atom. The third kappa shape index (κ3) is 4.42. The lowest BCUT2D eigenvalue weighted by atomic mass is 9.67. The van der Waals surface area contributed by atoms with Gasteiger partial charge in [0, 0.05) is 24.0 Å². The van der Waals surface area contributed by atoms with Gasteiger partial charge in [0.2, 0.25) is 10.0 Å². The lowest BCUT2D eigenvalue weighted by Crippen LogP contribution is -2.46. The van der Waals surface area contributed by atoms with Crippen LogP contribution in [0.2, 0.25) is 0 Å². The second-order valence-electron chi connectivity index (χ2n) is 9.00. The fraction of sp³-hybridized carbons (Fsp3) is 0.500. The molecule has 1 N–H and O–H groups in total. The Labute approximate surface area is 175 Å². The molecule has 5 heteroatoms. The fourth-order valence-electron chi connectivity index (χ4n) is 5.63. The van der Waals surface area contributed by atoms with E-state index in [9.17, 15) is 8.42 Å². The zero-order valence-electron chi connectivity index (χ0n) is 17.4. The molecule has 0 spiro atoms. The zero-order valence-corrected chi connectivity index (χ0v) is 18.2. The molecule has 2 aromatic carbocycles. The average molecular weight is 413 g/mol. The quantitative estimate of drug-likeness (QED) is 0.753. The molecule has 2 aliphatic rings. The number of piperidine rings is 1. The van der Waals surface area contributed by atoms with E-state index in [4.69, 9.17) is 0 Å². The van der Waals surface area contributed by atoms with Gasteiger partial charge in [-0.15, -0.1) is 0 Å². The van der Waals surface area contributed by atoms with Crippen LogP contribution in [0.5, 0.6) is 0 Å². The van der Waals surface area contributed by atoms with Crippen LogP contribution in [0.4, 0.5) is 0 Å². The maximum atomic E-state index is 12.1. The van der Waals surface area contributed by atoms with E-state index >= 15 is 0 Å². The van der Waals surface area contributed by atoms with Gasteiger partial charge in [-0.2, -0.15) is 0 Å². The van der Waals surface area contributed by atoms with E-state index in [0.717, 1.165) is 6.42 Å². The van der Waals surface area contributed by atoms with Crippen molar-refractivity contribution < 1.29 is 8.42 Å². The van der Waals surface area contributed by atoms with Crippen molar-refractivity contribution in [1.82, 2.24) is 9.62 Å². The van der Waals surface area contributed by atoms with Gasteiger partial charge >= 0.3 is 0 Å². The minimum absolute atomic E-state index is 0.369. The zero-order chi connectivity index (χ0) is 20.5. The molecule has 2 atom stereocenters. The summed E-state index contributed by atoms with van der Waals surface area (Å²) in [4.78, 5) is 2.57. The molecule has 4 nitrogen and oxygen atoms in total. The van der Waals surface area contributed by atoms with Crippen LogP contribution in [0.3, 0.4) is 0 Å². The molecular weight excluding hydrogens is 380 g/mol. The van der Waals surface area contributed by atoms with E-state index in [1.54, 1.807) is 0 Å². The molecule has 0 unspecified atom stereocenters. The van der Waals surface area contributed by atoms with Crippen LogP contribution in [0.15, 0.2) is 60.7 Å². The smallest absolute Gasteiger partial charge is 0.208 e. The van der Waals surface area contributed by atoms with Gasteiger partial charge in [0.15, 0.2) is 0 Å². The molecular formula is C24H32N2O2S. The van der Waals surface area contributed by atoms with Crippen molar-refractivity contribution in [1.29, 1.82) is 0 Å². The molecule has 4 rings (SSSR count). The number of nitrogens with zero attached hydrogens (tertiary/aromatic N) is 1. The highest BCUT2D eigenvalue weighted by Gasteiger charge is 2.43. The first-order valence-electron chi connectivity index (χ1n) is 10.6. The topological polar surface area (TPSA) is 49.4 Å². The summed E-state index contributed by atoms with van der Waals surface area (Å²) in [7, 11) is -1.02. The van der Waals surface area contributed by atoms with E-state index in [0.29, 0.717) is 24.5 Å². The second-order valence-corrected chi connectivity index (χ2v) is 10.8. The van der Waals surface area contributed by atoms with Gasteiger partial charge in [0.25, 0.3) is 0 Å². The summed E-state index contributed by atoms with van der Waals surface area (Å²) in [5.41, 5.74) is 2.01. The SMILES string of the molecule is CN1[C@@H]2CC[C@@H]1CC(CC(CNS(C)(=O)=O)(c1ccccc1)c1ccccc1)C2. The van der Waals surface area contributed by atoms with Gasteiger partial charge < -0.3 is 4.90 Å². The molecule has 2 bridgehead atoms. The summed E-state index contributed by atoms with van der Waals surface area (Å²) in [6.45, 7) is 0.390. The molecule has 29 heavy (non-hydrogen) atoms. The van der Waals surface area contributed by atoms with Crippen LogP contribution in [0, 0.1) is 5.92 Å². The first-order chi connectivity index (χ1) is 13.9. The minimum atomic E-state index is -3.29. The Kier molecular flexibility index (Phi) is 5.83. The molecule has 2 heterocycles. The van der Waals surface area contributed by atoms with Gasteiger partial charge in [0.1, 0.15) is 0 Å². The van der Waals surface area contributed by atoms with Gasteiger partial charge in [0.05, 0.1) is 6.26 Å². The molecule has 156 valence electrons. The third-order valence-corrected chi connectivity index (χ3v) is 7.79. The van der Waals surface area contributed by atoms with Crippen LogP contribution in [0.1, 0.15) is 43.2 Å². The predicted molar refractivity (Wildman–Crippen MR) is 118 cm³/mol. The maximum Gasteiger partial charge on any atom is 0.208 e. The van der Waals surface area contributed by atoms with Crippen LogP contribution in [-0.4, -0.2) is 45.2 Å². The van der Waals surface area contributed by atoms with E-state index in [-0.39, 0.29) is 5.41 Å². The predicted octanol–water partition coefficient (Wildman–Crippen LogP) is 3.78. The lowest BCUT2D eigenvalue weighted by Gasteiger charge is -2.43. The van der Waals surface area contributed by atoms with Gasteiger partial charge in [-0.05, 0) is 56.2 Å². The number of hydrogen-bond acceptors (Lipinski definition) is 3. The molecule has 2 saturated heterocycles. The number of nitrogens with one attached hydrogen (secondary N) is 1. The first kappa shape index (κ1) is 20.6. The number of hydrogen-bond donors (Lipinski definition) is 1. The van der Waals surface area contributed by atoms with Crippen molar-refractivity contribution in [2.45, 2.75) is 49.6 Å². The molecule has 0 amide bonds. The second kappa shape index (κ2) is 8.21. The first-order valence-corrected chi connectivity index (χ1v) is 12.5. The number of rotatable bonds is 7. The van der Waals surface area contributed by atoms with Crippen molar-refractivity contribution in [3.05, 3.63) is 71.8 Å². The highest BCUT2D eigenvalue weighted by molar-refractivity contribution is 7.88. The Balaban J connectivity index is 1.74. The standard InChI is InChI=1S/C24H32N2O2S/c1-26-22-13-14-23(26)16-19(15-22)17-24(18-25-29(2,27)28,20-9-5-3-6-10-20)21-11-7-4-8-12-21/h3-12,19,22-23,25H,13-18H2,1-2H3/t22-,23-/m1/s1. The third-order valence-electron chi connectivity index (χ3n) is 7.12. The summed E-state index contributed by atoms with van der Waals surface area (Å²) in [5, 5.41) is 0. The highest BCUT2D eigenvalue weighted by atomic mass is 32.2. The van der Waals surface area contributed by atoms with Crippen LogP contribution in [0.25, 0.3) is 0 Å². The van der Waals surface area contributed by atoms with E-state index in [1.807, 2.05) is 12.1 Å². The Morgan fingerprint density at radius 3 is 1.86 bits per heavy atom. The van der Waals surface area contributed by atoms with Crippen molar-refractivity contribution in [3.63, 3.8) is 0 Å². The van der Waals surface area contributed by atoms with Gasteiger partial charge in [-0.3, -0.25) is 0 Å². The summed E-state index contributed by atoms with van der Waals surface area (Å²) in [5.74, 6) is 0.588. The van der Waals surface area contributed by atoms with Crippen molar-refractivity contribution in [3.8, 4) is 0 Å². The van der Waals surface area contributed by atoms with Crippen molar-refractivity contribution in [2.75, 3.05) is 19.8 Å². The summed E-state index contributed by atoms with van der Waals surface area (Å²) in [6.07, 6.45) is 7.21. The van der Waals surface area contributed by atoms with Crippen molar-refractivity contribution in [2.24, 2.45) is 5.92 Å². The number of fused-ring (bicyclic) bond motifs is 2. The molecule has 0 radical (unpaired) electrons. The highest BCUT2D eigenvalue weighted by Crippen LogP contribution is 2.45. The van der Waals surface area contributed by atoms with Crippen LogP contribution >= 0.6 is 0 Å². The van der Waals surface area contributed by atoms with Gasteiger partial charge in [-0.1, -0.05) is 60.7 Å². The number of sulfonamides is 1. The van der Waals surface area contributed by atoms with Gasteiger partial charge in [-0.25, -0.2) is 13.1 Å². The largest absolute Gasteiger partial charge is 0.300 e. The lowest BCUT2D eigenvalue weighted by molar-refractivity contribution is 0.119. The molecule has 2 aromatic rings. The summed E-state index contributed by atoms with van der Waals surface area (Å²) in [6, 6.07) is 22.3. The van der Waals surface area contributed by atoms with Crippen LogP contribution < -0.4 is 4.72 Å². The van der Waals surface area contributed by atoms with E-state index < -0.39 is 10.0 Å². The summed E-state index contributed by atoms with van der Waals surface area (Å²) >= 11 is 0. The average Bonchev–Trinajstić information content (AvgIpc) is 2.92. The molecule has 2 fully saturated rings. The normalized spacial score (nSPS) is 25.2. The Bertz CT molecular complexity index is 861. The summed E-state index contributed by atoms with van der Waals surface area (Å²) < 4.78 is 27.0. The van der Waals surface area contributed by atoms with Crippen LogP contribution in [-0.2, 0) is 15.4 Å². The van der Waals surface area contributed by atoms with E-state index in [2.05, 4.69) is 65.2 Å². The molecule has 0 aliphatic carbocycles. The number of benzene rings is 2. The molecule has 0 saturated carbocycles. The Hall–Kier alpha value is -1.69. The monoisotopic (exact) mass is 412 g/mol. The molecule has 0 aromatic heterocycles. The fourth-order valence-corrected chi connectivity index (χ4v) is 6.14. The molecule has 2 aliphatic heterocycles. The Morgan fingerprint density at radius 2 is 1.41 bits per heavy atom. The van der Waals surface area contributed by atoms with Crippen molar-refractivity contribution >= 4 is 10.0 Å². The minimum Gasteiger partial charge on any atom is -0.300 e. The maximum absolute atomic E-state index is 12.1.